The molecule has 5 heteroatoms. The minimum absolute atomic E-state index is 0.423. The first-order valence-electron chi connectivity index (χ1n) is 6.25. The highest BCUT2D eigenvalue weighted by Crippen LogP contribution is 2.13. The Morgan fingerprint density at radius 2 is 2.05 bits per heavy atom. The molecule has 0 saturated heterocycles. The fraction of sp³-hybridized carbons (Fsp3) is 0.286. The standard InChI is InChI=1S/C14H18N4S/c1-3-13-11(9-18(2)17-13)8-16-12-6-4-10(5-7-12)14(15)19/h4-7,9,16H,3,8H2,1-2H3,(H2,15,19). The van der Waals surface area contributed by atoms with Gasteiger partial charge in [0.1, 0.15) is 4.99 Å². The molecule has 0 aliphatic rings. The lowest BCUT2D eigenvalue weighted by atomic mass is 10.2. The summed E-state index contributed by atoms with van der Waals surface area (Å²) in [5.41, 5.74) is 9.86. The SMILES string of the molecule is CCc1nn(C)cc1CNc1ccc(C(N)=S)cc1. The van der Waals surface area contributed by atoms with E-state index in [2.05, 4.69) is 23.5 Å². The molecular formula is C14H18N4S. The quantitative estimate of drug-likeness (QED) is 0.821. The van der Waals surface area contributed by atoms with Crippen LogP contribution in [-0.4, -0.2) is 14.8 Å². The topological polar surface area (TPSA) is 55.9 Å². The number of benzene rings is 1. The zero-order chi connectivity index (χ0) is 13.8. The molecule has 0 aliphatic carbocycles. The Labute approximate surface area is 118 Å². The van der Waals surface area contributed by atoms with E-state index < -0.39 is 0 Å². The van der Waals surface area contributed by atoms with E-state index >= 15 is 0 Å². The van der Waals surface area contributed by atoms with Crippen LogP contribution in [0.3, 0.4) is 0 Å². The molecule has 3 N–H and O–H groups in total. The summed E-state index contributed by atoms with van der Waals surface area (Å²) < 4.78 is 1.85. The fourth-order valence-electron chi connectivity index (χ4n) is 1.98. The molecule has 19 heavy (non-hydrogen) atoms. The minimum Gasteiger partial charge on any atom is -0.389 e. The van der Waals surface area contributed by atoms with Crippen LogP contribution < -0.4 is 11.1 Å². The third-order valence-corrected chi connectivity index (χ3v) is 3.21. The molecular weight excluding hydrogens is 256 g/mol. The van der Waals surface area contributed by atoms with Gasteiger partial charge >= 0.3 is 0 Å². The van der Waals surface area contributed by atoms with Crippen molar-refractivity contribution in [2.75, 3.05) is 5.32 Å². The maximum absolute atomic E-state index is 5.57. The summed E-state index contributed by atoms with van der Waals surface area (Å²) in [6.45, 7) is 2.88. The summed E-state index contributed by atoms with van der Waals surface area (Å²) in [6.07, 6.45) is 2.99. The largest absolute Gasteiger partial charge is 0.389 e. The van der Waals surface area contributed by atoms with Crippen LogP contribution in [0.15, 0.2) is 30.5 Å². The van der Waals surface area contributed by atoms with Gasteiger partial charge in [-0.3, -0.25) is 4.68 Å². The summed E-state index contributed by atoms with van der Waals surface area (Å²) >= 11 is 4.93. The number of rotatable bonds is 5. The van der Waals surface area contributed by atoms with Crippen molar-refractivity contribution in [3.8, 4) is 0 Å². The normalized spacial score (nSPS) is 10.4. The van der Waals surface area contributed by atoms with Crippen LogP contribution in [0.25, 0.3) is 0 Å². The molecule has 0 aliphatic heterocycles. The lowest BCUT2D eigenvalue weighted by Gasteiger charge is -2.07. The lowest BCUT2D eigenvalue weighted by Crippen LogP contribution is -2.09. The van der Waals surface area contributed by atoms with Gasteiger partial charge in [0.25, 0.3) is 0 Å². The highest BCUT2D eigenvalue weighted by Gasteiger charge is 2.05. The Morgan fingerprint density at radius 3 is 2.63 bits per heavy atom. The molecule has 0 radical (unpaired) electrons. The van der Waals surface area contributed by atoms with E-state index in [4.69, 9.17) is 18.0 Å². The summed E-state index contributed by atoms with van der Waals surface area (Å²) in [4.78, 5) is 0.423. The molecule has 4 nitrogen and oxygen atoms in total. The molecule has 2 aromatic rings. The van der Waals surface area contributed by atoms with E-state index in [1.807, 2.05) is 36.0 Å². The summed E-state index contributed by atoms with van der Waals surface area (Å²) in [6, 6.07) is 7.82. The number of aromatic nitrogens is 2. The van der Waals surface area contributed by atoms with E-state index in [1.54, 1.807) is 0 Å². The Hall–Kier alpha value is -1.88. The number of hydrogen-bond acceptors (Lipinski definition) is 3. The smallest absolute Gasteiger partial charge is 0.103 e. The second kappa shape index (κ2) is 5.84. The summed E-state index contributed by atoms with van der Waals surface area (Å²) in [5, 5.41) is 7.80. The van der Waals surface area contributed by atoms with Crippen molar-refractivity contribution in [3.05, 3.63) is 47.3 Å². The molecule has 0 amide bonds. The average Bonchev–Trinajstić information content (AvgIpc) is 2.77. The lowest BCUT2D eigenvalue weighted by molar-refractivity contribution is 0.746. The number of nitrogens with one attached hydrogen (secondary N) is 1. The number of thiocarbonyl (C=S) groups is 1. The van der Waals surface area contributed by atoms with Crippen LogP contribution in [-0.2, 0) is 20.0 Å². The molecule has 1 heterocycles. The second-order valence-electron chi connectivity index (χ2n) is 4.42. The van der Waals surface area contributed by atoms with Crippen molar-refractivity contribution < 1.29 is 0 Å². The first kappa shape index (κ1) is 13.5. The van der Waals surface area contributed by atoms with Gasteiger partial charge in [-0.2, -0.15) is 5.10 Å². The first-order valence-corrected chi connectivity index (χ1v) is 6.66. The molecule has 0 fully saturated rings. The van der Waals surface area contributed by atoms with Crippen molar-refractivity contribution in [3.63, 3.8) is 0 Å². The number of anilines is 1. The van der Waals surface area contributed by atoms with Crippen LogP contribution in [0, 0.1) is 0 Å². The number of hydrogen-bond donors (Lipinski definition) is 2. The van der Waals surface area contributed by atoms with Crippen molar-refractivity contribution in [2.24, 2.45) is 12.8 Å². The van der Waals surface area contributed by atoms with E-state index in [9.17, 15) is 0 Å². The van der Waals surface area contributed by atoms with Crippen LogP contribution in [0.5, 0.6) is 0 Å². The van der Waals surface area contributed by atoms with Gasteiger partial charge in [0, 0.05) is 36.6 Å². The van der Waals surface area contributed by atoms with Crippen LogP contribution in [0.1, 0.15) is 23.7 Å². The van der Waals surface area contributed by atoms with Gasteiger partial charge < -0.3 is 11.1 Å². The van der Waals surface area contributed by atoms with Crippen molar-refractivity contribution in [1.82, 2.24) is 9.78 Å². The third-order valence-electron chi connectivity index (χ3n) is 2.98. The van der Waals surface area contributed by atoms with E-state index in [0.717, 1.165) is 29.9 Å². The van der Waals surface area contributed by atoms with Crippen LogP contribution >= 0.6 is 12.2 Å². The van der Waals surface area contributed by atoms with Crippen LogP contribution in [0.2, 0.25) is 0 Å². The third kappa shape index (κ3) is 3.32. The van der Waals surface area contributed by atoms with Gasteiger partial charge in [-0.05, 0) is 30.7 Å². The molecule has 1 aromatic heterocycles. The van der Waals surface area contributed by atoms with E-state index in [1.165, 1.54) is 5.56 Å². The Morgan fingerprint density at radius 1 is 1.37 bits per heavy atom. The molecule has 0 unspecified atom stereocenters. The zero-order valence-electron chi connectivity index (χ0n) is 11.2. The van der Waals surface area contributed by atoms with Gasteiger partial charge in [-0.1, -0.05) is 19.1 Å². The van der Waals surface area contributed by atoms with Gasteiger partial charge in [-0.25, -0.2) is 0 Å². The molecule has 0 bridgehead atoms. The highest BCUT2D eigenvalue weighted by molar-refractivity contribution is 7.80. The zero-order valence-corrected chi connectivity index (χ0v) is 12.0. The number of nitrogens with zero attached hydrogens (tertiary/aromatic N) is 2. The molecule has 100 valence electrons. The summed E-state index contributed by atoms with van der Waals surface area (Å²) in [5.74, 6) is 0. The number of nitrogens with two attached hydrogens (primary N) is 1. The van der Waals surface area contributed by atoms with Gasteiger partial charge in [0.15, 0.2) is 0 Å². The monoisotopic (exact) mass is 274 g/mol. The highest BCUT2D eigenvalue weighted by atomic mass is 32.1. The van der Waals surface area contributed by atoms with Gasteiger partial charge in [-0.15, -0.1) is 0 Å². The second-order valence-corrected chi connectivity index (χ2v) is 4.86. The maximum atomic E-state index is 5.57. The molecule has 0 spiro atoms. The number of aryl methyl sites for hydroxylation is 2. The van der Waals surface area contributed by atoms with Crippen LogP contribution in [0.4, 0.5) is 5.69 Å². The fourth-order valence-corrected chi connectivity index (χ4v) is 2.11. The van der Waals surface area contributed by atoms with Gasteiger partial charge in [0.05, 0.1) is 5.69 Å². The van der Waals surface area contributed by atoms with Crippen molar-refractivity contribution in [2.45, 2.75) is 19.9 Å². The predicted octanol–water partition coefficient (Wildman–Crippen LogP) is 2.23. The van der Waals surface area contributed by atoms with Gasteiger partial charge in [0.2, 0.25) is 0 Å². The Balaban J connectivity index is 2.03. The Kier molecular flexibility index (Phi) is 4.16. The first-order chi connectivity index (χ1) is 9.10. The maximum Gasteiger partial charge on any atom is 0.103 e. The molecule has 1 aromatic carbocycles. The predicted molar refractivity (Wildman–Crippen MR) is 82.2 cm³/mol. The minimum atomic E-state index is 0.423. The van der Waals surface area contributed by atoms with Crippen molar-refractivity contribution in [1.29, 1.82) is 0 Å². The summed E-state index contributed by atoms with van der Waals surface area (Å²) in [7, 11) is 1.94. The Bertz CT molecular complexity index is 572. The van der Waals surface area contributed by atoms with E-state index in [0.29, 0.717) is 4.99 Å². The molecule has 2 rings (SSSR count). The molecule has 0 saturated carbocycles. The van der Waals surface area contributed by atoms with Crippen molar-refractivity contribution >= 4 is 22.9 Å². The molecule has 0 atom stereocenters. The van der Waals surface area contributed by atoms with E-state index in [-0.39, 0.29) is 0 Å². The average molecular weight is 274 g/mol.